The molecule has 1 heterocycles. The number of nitrogens with one attached hydrogen (secondary N) is 1. The van der Waals surface area contributed by atoms with E-state index in [4.69, 9.17) is 0 Å². The van der Waals surface area contributed by atoms with Gasteiger partial charge in [0.2, 0.25) is 0 Å². The van der Waals surface area contributed by atoms with E-state index >= 15 is 0 Å². The topological polar surface area (TPSA) is 29.9 Å². The number of rotatable bonds is 4. The fraction of sp³-hybridized carbons (Fsp3) is 0.118. The van der Waals surface area contributed by atoms with Gasteiger partial charge in [-0.25, -0.2) is 9.07 Å². The predicted octanol–water partition coefficient (Wildman–Crippen LogP) is 3.93. The minimum Gasteiger partial charge on any atom is -0.379 e. The standard InChI is InChI=1S/C17H16FN3/c1-13-11-14(7-8-17(13)18)19-12-15-9-10-21(20-15)16-5-3-2-4-6-16/h2-11,19H,12H2,1H3. The molecule has 0 bridgehead atoms. The Morgan fingerprint density at radius 2 is 1.90 bits per heavy atom. The molecule has 0 saturated carbocycles. The summed E-state index contributed by atoms with van der Waals surface area (Å²) in [4.78, 5) is 0. The normalized spacial score (nSPS) is 10.6. The lowest BCUT2D eigenvalue weighted by Gasteiger charge is -2.06. The van der Waals surface area contributed by atoms with E-state index in [1.54, 1.807) is 19.1 Å². The van der Waals surface area contributed by atoms with Crippen LogP contribution in [0.25, 0.3) is 5.69 Å². The van der Waals surface area contributed by atoms with Crippen molar-refractivity contribution >= 4 is 5.69 Å². The fourth-order valence-corrected chi connectivity index (χ4v) is 2.13. The van der Waals surface area contributed by atoms with Crippen molar-refractivity contribution in [2.24, 2.45) is 0 Å². The third-order valence-electron chi connectivity index (χ3n) is 3.30. The first kappa shape index (κ1) is 13.4. The Morgan fingerprint density at radius 1 is 1.10 bits per heavy atom. The molecular weight excluding hydrogens is 265 g/mol. The van der Waals surface area contributed by atoms with Gasteiger partial charge in [-0.3, -0.25) is 0 Å². The van der Waals surface area contributed by atoms with Gasteiger partial charge in [-0.2, -0.15) is 5.10 Å². The van der Waals surface area contributed by atoms with E-state index in [1.165, 1.54) is 6.07 Å². The molecule has 0 radical (unpaired) electrons. The van der Waals surface area contributed by atoms with Crippen molar-refractivity contribution in [1.82, 2.24) is 9.78 Å². The van der Waals surface area contributed by atoms with Crippen LogP contribution in [0, 0.1) is 12.7 Å². The zero-order valence-electron chi connectivity index (χ0n) is 11.8. The molecule has 3 aromatic rings. The Morgan fingerprint density at radius 3 is 2.67 bits per heavy atom. The van der Waals surface area contributed by atoms with Gasteiger partial charge in [0.15, 0.2) is 0 Å². The van der Waals surface area contributed by atoms with Gasteiger partial charge in [-0.15, -0.1) is 0 Å². The van der Waals surface area contributed by atoms with Crippen LogP contribution >= 0.6 is 0 Å². The zero-order chi connectivity index (χ0) is 14.7. The van der Waals surface area contributed by atoms with Crippen LogP contribution in [0.15, 0.2) is 60.8 Å². The quantitative estimate of drug-likeness (QED) is 0.785. The molecule has 0 spiro atoms. The predicted molar refractivity (Wildman–Crippen MR) is 82.0 cm³/mol. The number of nitrogens with zero attached hydrogens (tertiary/aromatic N) is 2. The highest BCUT2D eigenvalue weighted by Gasteiger charge is 2.02. The van der Waals surface area contributed by atoms with Crippen LogP contribution in [0.1, 0.15) is 11.3 Å². The summed E-state index contributed by atoms with van der Waals surface area (Å²) in [5, 5.41) is 7.77. The molecular formula is C17H16FN3. The number of halogens is 1. The molecule has 0 saturated heterocycles. The fourth-order valence-electron chi connectivity index (χ4n) is 2.13. The monoisotopic (exact) mass is 281 g/mol. The second-order valence-corrected chi connectivity index (χ2v) is 4.90. The van der Waals surface area contributed by atoms with Crippen molar-refractivity contribution < 1.29 is 4.39 Å². The van der Waals surface area contributed by atoms with Crippen LogP contribution in [-0.4, -0.2) is 9.78 Å². The van der Waals surface area contributed by atoms with Gasteiger partial charge in [0.25, 0.3) is 0 Å². The maximum absolute atomic E-state index is 13.2. The van der Waals surface area contributed by atoms with Gasteiger partial charge >= 0.3 is 0 Å². The summed E-state index contributed by atoms with van der Waals surface area (Å²) in [6.07, 6.45) is 1.93. The van der Waals surface area contributed by atoms with Crippen LogP contribution in [0.2, 0.25) is 0 Å². The summed E-state index contributed by atoms with van der Waals surface area (Å²) >= 11 is 0. The van der Waals surface area contributed by atoms with E-state index < -0.39 is 0 Å². The average molecular weight is 281 g/mol. The SMILES string of the molecule is Cc1cc(NCc2ccn(-c3ccccc3)n2)ccc1F. The second-order valence-electron chi connectivity index (χ2n) is 4.90. The molecule has 106 valence electrons. The van der Waals surface area contributed by atoms with Crippen LogP contribution in [0.3, 0.4) is 0 Å². The van der Waals surface area contributed by atoms with Crippen molar-refractivity contribution in [3.8, 4) is 5.69 Å². The first-order valence-electron chi connectivity index (χ1n) is 6.82. The molecule has 0 aliphatic carbocycles. The number of aryl methyl sites for hydroxylation is 1. The molecule has 0 unspecified atom stereocenters. The highest BCUT2D eigenvalue weighted by molar-refractivity contribution is 5.46. The molecule has 0 fully saturated rings. The second kappa shape index (κ2) is 5.79. The molecule has 1 aromatic heterocycles. The molecule has 3 rings (SSSR count). The van der Waals surface area contributed by atoms with Gasteiger partial charge in [-0.05, 0) is 48.9 Å². The largest absolute Gasteiger partial charge is 0.379 e. The van der Waals surface area contributed by atoms with E-state index in [9.17, 15) is 4.39 Å². The van der Waals surface area contributed by atoms with Crippen molar-refractivity contribution in [3.63, 3.8) is 0 Å². The smallest absolute Gasteiger partial charge is 0.126 e. The highest BCUT2D eigenvalue weighted by atomic mass is 19.1. The van der Waals surface area contributed by atoms with Crippen molar-refractivity contribution in [2.75, 3.05) is 5.32 Å². The van der Waals surface area contributed by atoms with E-state index in [-0.39, 0.29) is 5.82 Å². The summed E-state index contributed by atoms with van der Waals surface area (Å²) in [5.74, 6) is -0.186. The van der Waals surface area contributed by atoms with E-state index in [0.717, 1.165) is 17.1 Å². The van der Waals surface area contributed by atoms with Gasteiger partial charge in [0.05, 0.1) is 17.9 Å². The number of para-hydroxylation sites is 1. The lowest BCUT2D eigenvalue weighted by Crippen LogP contribution is -2.02. The molecule has 0 atom stereocenters. The molecule has 4 heteroatoms. The summed E-state index contributed by atoms with van der Waals surface area (Å²) in [6, 6.07) is 16.9. The van der Waals surface area contributed by atoms with Crippen LogP contribution in [-0.2, 0) is 6.54 Å². The minimum absolute atomic E-state index is 0.186. The number of hydrogen-bond donors (Lipinski definition) is 1. The van der Waals surface area contributed by atoms with Gasteiger partial charge in [0.1, 0.15) is 5.82 Å². The summed E-state index contributed by atoms with van der Waals surface area (Å²) in [5.41, 5.74) is 3.49. The zero-order valence-corrected chi connectivity index (χ0v) is 11.8. The Kier molecular flexibility index (Phi) is 3.69. The summed E-state index contributed by atoms with van der Waals surface area (Å²) < 4.78 is 15.0. The third-order valence-corrected chi connectivity index (χ3v) is 3.30. The maximum atomic E-state index is 13.2. The lowest BCUT2D eigenvalue weighted by atomic mass is 10.2. The summed E-state index contributed by atoms with van der Waals surface area (Å²) in [7, 11) is 0. The van der Waals surface area contributed by atoms with E-state index in [2.05, 4.69) is 10.4 Å². The number of benzene rings is 2. The highest BCUT2D eigenvalue weighted by Crippen LogP contribution is 2.14. The lowest BCUT2D eigenvalue weighted by molar-refractivity contribution is 0.618. The van der Waals surface area contributed by atoms with Gasteiger partial charge in [0, 0.05) is 11.9 Å². The van der Waals surface area contributed by atoms with E-state index in [0.29, 0.717) is 12.1 Å². The molecule has 3 nitrogen and oxygen atoms in total. The molecule has 0 aliphatic heterocycles. The molecule has 1 N–H and O–H groups in total. The third kappa shape index (κ3) is 3.11. The number of hydrogen-bond acceptors (Lipinski definition) is 2. The first-order valence-corrected chi connectivity index (χ1v) is 6.82. The average Bonchev–Trinajstić information content (AvgIpc) is 2.98. The van der Waals surface area contributed by atoms with Crippen LogP contribution in [0.5, 0.6) is 0 Å². The van der Waals surface area contributed by atoms with Crippen molar-refractivity contribution in [2.45, 2.75) is 13.5 Å². The first-order chi connectivity index (χ1) is 10.2. The number of anilines is 1. The van der Waals surface area contributed by atoms with Crippen molar-refractivity contribution in [1.29, 1.82) is 0 Å². The molecule has 0 aliphatic rings. The van der Waals surface area contributed by atoms with E-state index in [1.807, 2.05) is 47.3 Å². The Labute approximate surface area is 123 Å². The minimum atomic E-state index is -0.186. The Balaban J connectivity index is 1.69. The van der Waals surface area contributed by atoms with Gasteiger partial charge < -0.3 is 5.32 Å². The van der Waals surface area contributed by atoms with Gasteiger partial charge in [-0.1, -0.05) is 18.2 Å². The molecule has 21 heavy (non-hydrogen) atoms. The molecule has 0 amide bonds. The Hall–Kier alpha value is -2.62. The summed E-state index contributed by atoms with van der Waals surface area (Å²) in [6.45, 7) is 2.36. The number of aromatic nitrogens is 2. The van der Waals surface area contributed by atoms with Crippen LogP contribution < -0.4 is 5.32 Å². The van der Waals surface area contributed by atoms with Crippen molar-refractivity contribution in [3.05, 3.63) is 77.9 Å². The maximum Gasteiger partial charge on any atom is 0.126 e. The Bertz CT molecular complexity index is 735. The van der Waals surface area contributed by atoms with Crippen LogP contribution in [0.4, 0.5) is 10.1 Å². The molecule has 2 aromatic carbocycles.